The van der Waals surface area contributed by atoms with Crippen molar-refractivity contribution >= 4 is 11.0 Å². The lowest BCUT2D eigenvalue weighted by atomic mass is 9.62. The van der Waals surface area contributed by atoms with Crippen molar-refractivity contribution in [3.05, 3.63) is 59.4 Å². The van der Waals surface area contributed by atoms with Crippen LogP contribution in [0.15, 0.2) is 42.5 Å². The van der Waals surface area contributed by atoms with Gasteiger partial charge in [-0.2, -0.15) is 0 Å². The van der Waals surface area contributed by atoms with Gasteiger partial charge in [0.1, 0.15) is 16.9 Å². The van der Waals surface area contributed by atoms with Crippen molar-refractivity contribution < 1.29 is 9.50 Å². The number of nitrogens with zero attached hydrogens (tertiary/aromatic N) is 3. The summed E-state index contributed by atoms with van der Waals surface area (Å²) in [5.74, 6) is -0.400. The topological polar surface area (TPSA) is 65.0 Å². The molecule has 27 heavy (non-hydrogen) atoms. The first-order chi connectivity index (χ1) is 13.2. The Morgan fingerprint density at radius 3 is 2.59 bits per heavy atom. The van der Waals surface area contributed by atoms with Crippen molar-refractivity contribution in [1.29, 1.82) is 0 Å². The number of aromatic amines is 1. The molecule has 3 aromatic rings. The van der Waals surface area contributed by atoms with Gasteiger partial charge in [0, 0.05) is 37.0 Å². The number of piperidine rings is 1. The summed E-state index contributed by atoms with van der Waals surface area (Å²) in [6.07, 6.45) is 2.87. The number of nitrogens with one attached hydrogen (secondary N) is 1. The summed E-state index contributed by atoms with van der Waals surface area (Å²) in [5, 5.41) is 22.6. The van der Waals surface area contributed by atoms with Crippen molar-refractivity contribution in [3.63, 3.8) is 0 Å². The van der Waals surface area contributed by atoms with Crippen LogP contribution in [0.3, 0.4) is 0 Å². The molecule has 5 nitrogen and oxygen atoms in total. The van der Waals surface area contributed by atoms with Gasteiger partial charge in [-0.15, -0.1) is 5.10 Å². The minimum atomic E-state index is -1.19. The maximum absolute atomic E-state index is 14.9. The zero-order valence-corrected chi connectivity index (χ0v) is 15.1. The fourth-order valence-electron chi connectivity index (χ4n) is 5.19. The maximum atomic E-state index is 14.9. The van der Waals surface area contributed by atoms with Gasteiger partial charge in [-0.1, -0.05) is 42.0 Å². The second-order valence-electron chi connectivity index (χ2n) is 7.96. The monoisotopic (exact) mass is 366 g/mol. The molecule has 0 radical (unpaired) electrons. The van der Waals surface area contributed by atoms with Crippen LogP contribution in [-0.4, -0.2) is 38.5 Å². The molecular formula is C21H23FN4O. The van der Waals surface area contributed by atoms with Gasteiger partial charge in [-0.25, -0.2) is 4.39 Å². The second-order valence-corrected chi connectivity index (χ2v) is 7.96. The van der Waals surface area contributed by atoms with Gasteiger partial charge in [-0.3, -0.25) is 10.00 Å². The second kappa shape index (κ2) is 6.39. The molecule has 1 saturated heterocycles. The van der Waals surface area contributed by atoms with Crippen LogP contribution in [0.1, 0.15) is 30.4 Å². The molecule has 2 heterocycles. The van der Waals surface area contributed by atoms with E-state index in [1.807, 2.05) is 6.07 Å². The molecule has 2 fully saturated rings. The first-order valence-electron chi connectivity index (χ1n) is 9.64. The number of aromatic nitrogens is 3. The highest BCUT2D eigenvalue weighted by Gasteiger charge is 2.53. The number of halogens is 1. The normalized spacial score (nSPS) is 28.5. The van der Waals surface area contributed by atoms with Gasteiger partial charge in [0.15, 0.2) is 0 Å². The average molecular weight is 366 g/mol. The number of H-pyrrole nitrogens is 1. The first-order valence-corrected chi connectivity index (χ1v) is 9.64. The molecule has 5 rings (SSSR count). The van der Waals surface area contributed by atoms with Crippen LogP contribution in [0.25, 0.3) is 11.0 Å². The molecule has 1 aliphatic carbocycles. The predicted octanol–water partition coefficient (Wildman–Crippen LogP) is 3.22. The summed E-state index contributed by atoms with van der Waals surface area (Å²) in [6, 6.07) is 13.4. The van der Waals surface area contributed by atoms with Crippen LogP contribution in [0, 0.1) is 17.7 Å². The summed E-state index contributed by atoms with van der Waals surface area (Å²) in [7, 11) is 0. The third-order valence-electron chi connectivity index (χ3n) is 6.40. The lowest BCUT2D eigenvalue weighted by Crippen LogP contribution is -2.58. The van der Waals surface area contributed by atoms with Gasteiger partial charge in [0.2, 0.25) is 0 Å². The highest BCUT2D eigenvalue weighted by molar-refractivity contribution is 5.78. The molecule has 1 aliphatic heterocycles. The fraction of sp³-hybridized carbons (Fsp3) is 0.429. The summed E-state index contributed by atoms with van der Waals surface area (Å²) in [4.78, 5) is 2.40. The van der Waals surface area contributed by atoms with Crippen LogP contribution in [0.2, 0.25) is 0 Å². The molecule has 2 bridgehead atoms. The van der Waals surface area contributed by atoms with Gasteiger partial charge < -0.3 is 5.11 Å². The number of fused-ring (bicyclic) bond motifs is 3. The Morgan fingerprint density at radius 2 is 1.85 bits per heavy atom. The highest BCUT2D eigenvalue weighted by atomic mass is 19.1. The smallest absolute Gasteiger partial charge is 0.131 e. The maximum Gasteiger partial charge on any atom is 0.131 e. The quantitative estimate of drug-likeness (QED) is 0.747. The van der Waals surface area contributed by atoms with E-state index in [1.165, 1.54) is 11.6 Å². The van der Waals surface area contributed by atoms with E-state index in [-0.39, 0.29) is 17.7 Å². The Balaban J connectivity index is 1.52. The van der Waals surface area contributed by atoms with Crippen LogP contribution in [-0.2, 0) is 12.1 Å². The zero-order valence-electron chi connectivity index (χ0n) is 15.1. The Bertz CT molecular complexity index is 943. The van der Waals surface area contributed by atoms with E-state index in [1.54, 1.807) is 6.07 Å². The number of aliphatic hydroxyl groups is 1. The summed E-state index contributed by atoms with van der Waals surface area (Å²) < 4.78 is 14.9. The average Bonchev–Trinajstić information content (AvgIpc) is 3.11. The van der Waals surface area contributed by atoms with Crippen LogP contribution < -0.4 is 0 Å². The SMILES string of the molecule is OC1(c2c(F)ccc3[nH]nnc23)C2CCCC1CN(Cc1ccccc1)C2. The van der Waals surface area contributed by atoms with E-state index in [9.17, 15) is 9.50 Å². The summed E-state index contributed by atoms with van der Waals surface area (Å²) in [6.45, 7) is 2.38. The lowest BCUT2D eigenvalue weighted by Gasteiger charge is -2.53. The molecule has 2 aromatic carbocycles. The van der Waals surface area contributed by atoms with Gasteiger partial charge >= 0.3 is 0 Å². The predicted molar refractivity (Wildman–Crippen MR) is 100 cm³/mol. The van der Waals surface area contributed by atoms with E-state index in [0.717, 1.165) is 38.9 Å². The number of hydrogen-bond acceptors (Lipinski definition) is 4. The number of rotatable bonds is 3. The Morgan fingerprint density at radius 1 is 1.11 bits per heavy atom. The first kappa shape index (κ1) is 16.8. The van der Waals surface area contributed by atoms with Gasteiger partial charge in [-0.05, 0) is 30.5 Å². The minimum Gasteiger partial charge on any atom is -0.384 e. The fourth-order valence-corrected chi connectivity index (χ4v) is 5.19. The zero-order chi connectivity index (χ0) is 18.4. The van der Waals surface area contributed by atoms with Crippen molar-refractivity contribution in [3.8, 4) is 0 Å². The van der Waals surface area contributed by atoms with E-state index in [2.05, 4.69) is 44.6 Å². The van der Waals surface area contributed by atoms with E-state index >= 15 is 0 Å². The summed E-state index contributed by atoms with van der Waals surface area (Å²) >= 11 is 0. The van der Waals surface area contributed by atoms with Crippen molar-refractivity contribution in [1.82, 2.24) is 20.3 Å². The van der Waals surface area contributed by atoms with Crippen molar-refractivity contribution in [2.75, 3.05) is 13.1 Å². The Kier molecular flexibility index (Phi) is 3.98. The van der Waals surface area contributed by atoms with E-state index in [0.29, 0.717) is 16.6 Å². The molecule has 2 unspecified atom stereocenters. The van der Waals surface area contributed by atoms with Gasteiger partial charge in [0.25, 0.3) is 0 Å². The van der Waals surface area contributed by atoms with Crippen LogP contribution in [0.4, 0.5) is 4.39 Å². The van der Waals surface area contributed by atoms with Crippen molar-refractivity contribution in [2.45, 2.75) is 31.4 Å². The molecule has 1 saturated carbocycles. The lowest BCUT2D eigenvalue weighted by molar-refractivity contribution is -0.149. The molecule has 2 atom stereocenters. The molecule has 2 aliphatic rings. The highest BCUT2D eigenvalue weighted by Crippen LogP contribution is 2.51. The molecule has 2 N–H and O–H groups in total. The Labute approximate surface area is 157 Å². The number of likely N-dealkylation sites (tertiary alicyclic amines) is 1. The van der Waals surface area contributed by atoms with Crippen molar-refractivity contribution in [2.24, 2.45) is 11.8 Å². The molecule has 1 aromatic heterocycles. The van der Waals surface area contributed by atoms with Crippen LogP contribution >= 0.6 is 0 Å². The molecule has 140 valence electrons. The van der Waals surface area contributed by atoms with E-state index in [4.69, 9.17) is 0 Å². The largest absolute Gasteiger partial charge is 0.384 e. The molecule has 6 heteroatoms. The van der Waals surface area contributed by atoms with Crippen LogP contribution in [0.5, 0.6) is 0 Å². The van der Waals surface area contributed by atoms with Gasteiger partial charge in [0.05, 0.1) is 5.52 Å². The standard InChI is InChI=1S/C21H23FN4O/c22-17-9-10-18-20(24-25-23-18)19(17)21(27)15-7-4-8-16(21)13-26(12-15)11-14-5-2-1-3-6-14/h1-3,5-6,9-10,15-16,27H,4,7-8,11-13H2,(H,23,24,25). The molecule has 0 amide bonds. The minimum absolute atomic E-state index is 0.00878. The summed E-state index contributed by atoms with van der Waals surface area (Å²) in [5.41, 5.74) is 1.55. The Hall–Kier alpha value is -2.31. The molecule has 0 spiro atoms. The number of benzene rings is 2. The number of hydrogen-bond donors (Lipinski definition) is 2. The third-order valence-corrected chi connectivity index (χ3v) is 6.40. The third kappa shape index (κ3) is 2.66. The molecular weight excluding hydrogens is 343 g/mol. The van der Waals surface area contributed by atoms with E-state index < -0.39 is 5.60 Å².